The largest absolute Gasteiger partial charge is 0.481 e. The Balaban J connectivity index is 2.56. The standard InChI is InChI=1S/C16H21NO3/c1-12-6-7-14(13(2)11-12)8-9-15(18)17(3)10-4-5-16(19)20/h6-9,11H,4-5,10H2,1-3H3,(H,19,20)/b9-8+. The summed E-state index contributed by atoms with van der Waals surface area (Å²) >= 11 is 0. The van der Waals surface area contributed by atoms with Crippen molar-refractivity contribution in [3.05, 3.63) is 41.0 Å². The van der Waals surface area contributed by atoms with E-state index in [2.05, 4.69) is 6.07 Å². The SMILES string of the molecule is Cc1ccc(/C=C/C(=O)N(C)CCCC(=O)O)c(C)c1. The van der Waals surface area contributed by atoms with E-state index in [1.807, 2.05) is 26.0 Å². The third-order valence-electron chi connectivity index (χ3n) is 3.09. The zero-order valence-corrected chi connectivity index (χ0v) is 12.2. The predicted octanol–water partition coefficient (Wildman–Crippen LogP) is 2.64. The van der Waals surface area contributed by atoms with Crippen LogP contribution >= 0.6 is 0 Å². The second kappa shape index (κ2) is 7.48. The molecule has 1 rings (SSSR count). The summed E-state index contributed by atoms with van der Waals surface area (Å²) in [6.45, 7) is 4.48. The molecule has 0 saturated heterocycles. The summed E-state index contributed by atoms with van der Waals surface area (Å²) in [5.74, 6) is -0.952. The Morgan fingerprint density at radius 2 is 2.00 bits per heavy atom. The first kappa shape index (κ1) is 16.0. The normalized spacial score (nSPS) is 10.8. The molecule has 0 aliphatic heterocycles. The van der Waals surface area contributed by atoms with E-state index in [1.165, 1.54) is 16.5 Å². The molecule has 1 N–H and O–H groups in total. The Morgan fingerprint density at radius 1 is 1.30 bits per heavy atom. The van der Waals surface area contributed by atoms with Crippen LogP contribution in [0.5, 0.6) is 0 Å². The molecule has 0 heterocycles. The molecule has 1 aromatic rings. The zero-order valence-electron chi connectivity index (χ0n) is 12.2. The number of carbonyl (C=O) groups excluding carboxylic acids is 1. The molecule has 0 fully saturated rings. The van der Waals surface area contributed by atoms with Gasteiger partial charge in [-0.3, -0.25) is 9.59 Å². The summed E-state index contributed by atoms with van der Waals surface area (Å²) in [4.78, 5) is 23.8. The number of aryl methyl sites for hydroxylation is 2. The number of carbonyl (C=O) groups is 2. The molecule has 20 heavy (non-hydrogen) atoms. The highest BCUT2D eigenvalue weighted by molar-refractivity contribution is 5.91. The summed E-state index contributed by atoms with van der Waals surface area (Å²) < 4.78 is 0. The van der Waals surface area contributed by atoms with Crippen LogP contribution in [-0.4, -0.2) is 35.5 Å². The minimum Gasteiger partial charge on any atom is -0.481 e. The minimum absolute atomic E-state index is 0.0818. The molecule has 108 valence electrons. The molecule has 0 bridgehead atoms. The lowest BCUT2D eigenvalue weighted by molar-refractivity contribution is -0.137. The monoisotopic (exact) mass is 275 g/mol. The van der Waals surface area contributed by atoms with Crippen LogP contribution in [0, 0.1) is 13.8 Å². The molecular formula is C16H21NO3. The maximum absolute atomic E-state index is 11.9. The van der Waals surface area contributed by atoms with Gasteiger partial charge in [0.2, 0.25) is 5.91 Å². The van der Waals surface area contributed by atoms with Gasteiger partial charge in [-0.05, 0) is 37.5 Å². The van der Waals surface area contributed by atoms with Gasteiger partial charge in [0.05, 0.1) is 0 Å². The highest BCUT2D eigenvalue weighted by atomic mass is 16.4. The Hall–Kier alpha value is -2.10. The van der Waals surface area contributed by atoms with Crippen LogP contribution in [0.4, 0.5) is 0 Å². The summed E-state index contributed by atoms with van der Waals surface area (Å²) in [6.07, 6.45) is 3.87. The second-order valence-electron chi connectivity index (χ2n) is 4.95. The first-order chi connectivity index (χ1) is 9.40. The number of amides is 1. The van der Waals surface area contributed by atoms with E-state index >= 15 is 0 Å². The number of hydrogen-bond donors (Lipinski definition) is 1. The highest BCUT2D eigenvalue weighted by Crippen LogP contribution is 2.12. The molecule has 0 aliphatic carbocycles. The summed E-state index contributed by atoms with van der Waals surface area (Å²) in [5.41, 5.74) is 3.34. The molecule has 0 atom stereocenters. The number of likely N-dealkylation sites (N-methyl/N-ethyl adjacent to an activating group) is 1. The van der Waals surface area contributed by atoms with Crippen molar-refractivity contribution in [3.8, 4) is 0 Å². The molecule has 4 nitrogen and oxygen atoms in total. The molecule has 0 unspecified atom stereocenters. The van der Waals surface area contributed by atoms with Gasteiger partial charge in [0.1, 0.15) is 0 Å². The Morgan fingerprint density at radius 3 is 2.60 bits per heavy atom. The van der Waals surface area contributed by atoms with Crippen LogP contribution in [0.1, 0.15) is 29.5 Å². The van der Waals surface area contributed by atoms with Gasteiger partial charge in [-0.2, -0.15) is 0 Å². The van der Waals surface area contributed by atoms with Gasteiger partial charge in [-0.25, -0.2) is 0 Å². The van der Waals surface area contributed by atoms with E-state index in [1.54, 1.807) is 13.1 Å². The van der Waals surface area contributed by atoms with Gasteiger partial charge in [0, 0.05) is 26.1 Å². The van der Waals surface area contributed by atoms with E-state index in [0.717, 1.165) is 11.1 Å². The van der Waals surface area contributed by atoms with Crippen LogP contribution in [0.3, 0.4) is 0 Å². The molecule has 0 spiro atoms. The Labute approximate surface area is 119 Å². The van der Waals surface area contributed by atoms with Gasteiger partial charge < -0.3 is 10.0 Å². The maximum atomic E-state index is 11.9. The van der Waals surface area contributed by atoms with Crippen LogP contribution in [-0.2, 0) is 9.59 Å². The number of carboxylic acid groups (broad SMARTS) is 1. The van der Waals surface area contributed by atoms with Gasteiger partial charge in [-0.15, -0.1) is 0 Å². The van der Waals surface area contributed by atoms with Crippen molar-refractivity contribution in [1.82, 2.24) is 4.90 Å². The quantitative estimate of drug-likeness (QED) is 0.812. The fourth-order valence-electron chi connectivity index (χ4n) is 1.88. The molecule has 0 aliphatic rings. The van der Waals surface area contributed by atoms with Crippen molar-refractivity contribution in [3.63, 3.8) is 0 Å². The minimum atomic E-state index is -0.836. The topological polar surface area (TPSA) is 57.6 Å². The van der Waals surface area contributed by atoms with Crippen LogP contribution in [0.15, 0.2) is 24.3 Å². The average Bonchev–Trinajstić information content (AvgIpc) is 2.36. The number of nitrogens with zero attached hydrogens (tertiary/aromatic N) is 1. The van der Waals surface area contributed by atoms with Crippen molar-refractivity contribution in [1.29, 1.82) is 0 Å². The molecule has 0 aromatic heterocycles. The summed E-state index contributed by atoms with van der Waals surface area (Å²) in [6, 6.07) is 6.06. The van der Waals surface area contributed by atoms with Crippen LogP contribution in [0.25, 0.3) is 6.08 Å². The van der Waals surface area contributed by atoms with Crippen molar-refractivity contribution in [2.75, 3.05) is 13.6 Å². The van der Waals surface area contributed by atoms with Gasteiger partial charge in [0.15, 0.2) is 0 Å². The number of carboxylic acids is 1. The Bertz CT molecular complexity index is 520. The molecule has 4 heteroatoms. The molecule has 0 radical (unpaired) electrons. The van der Waals surface area contributed by atoms with Crippen molar-refractivity contribution < 1.29 is 14.7 Å². The molecule has 0 saturated carbocycles. The fraction of sp³-hybridized carbons (Fsp3) is 0.375. The van der Waals surface area contributed by atoms with E-state index in [-0.39, 0.29) is 12.3 Å². The van der Waals surface area contributed by atoms with E-state index < -0.39 is 5.97 Å². The van der Waals surface area contributed by atoms with Crippen LogP contribution < -0.4 is 0 Å². The van der Waals surface area contributed by atoms with Crippen molar-refractivity contribution in [2.45, 2.75) is 26.7 Å². The van der Waals surface area contributed by atoms with Crippen molar-refractivity contribution >= 4 is 18.0 Å². The first-order valence-electron chi connectivity index (χ1n) is 6.62. The van der Waals surface area contributed by atoms with Crippen LogP contribution in [0.2, 0.25) is 0 Å². The lowest BCUT2D eigenvalue weighted by Crippen LogP contribution is -2.26. The Kier molecular flexibility index (Phi) is 5.97. The molecular weight excluding hydrogens is 254 g/mol. The average molecular weight is 275 g/mol. The lowest BCUT2D eigenvalue weighted by Gasteiger charge is -2.14. The third kappa shape index (κ3) is 5.26. The zero-order chi connectivity index (χ0) is 15.1. The number of hydrogen-bond acceptors (Lipinski definition) is 2. The second-order valence-corrected chi connectivity index (χ2v) is 4.95. The predicted molar refractivity (Wildman–Crippen MR) is 79.5 cm³/mol. The third-order valence-corrected chi connectivity index (χ3v) is 3.09. The lowest BCUT2D eigenvalue weighted by atomic mass is 10.1. The highest BCUT2D eigenvalue weighted by Gasteiger charge is 2.06. The summed E-state index contributed by atoms with van der Waals surface area (Å²) in [5, 5.41) is 8.55. The molecule has 1 amide bonds. The first-order valence-corrected chi connectivity index (χ1v) is 6.62. The number of benzene rings is 1. The smallest absolute Gasteiger partial charge is 0.303 e. The van der Waals surface area contributed by atoms with E-state index in [9.17, 15) is 9.59 Å². The molecule has 1 aromatic carbocycles. The maximum Gasteiger partial charge on any atom is 0.303 e. The number of aliphatic carboxylic acids is 1. The van der Waals surface area contributed by atoms with Gasteiger partial charge in [0.25, 0.3) is 0 Å². The fourth-order valence-corrected chi connectivity index (χ4v) is 1.88. The van der Waals surface area contributed by atoms with Crippen molar-refractivity contribution in [2.24, 2.45) is 0 Å². The summed E-state index contributed by atoms with van der Waals surface area (Å²) in [7, 11) is 1.68. The van der Waals surface area contributed by atoms with Gasteiger partial charge in [-0.1, -0.05) is 23.8 Å². The number of rotatable bonds is 6. The van der Waals surface area contributed by atoms with E-state index in [0.29, 0.717) is 13.0 Å². The van der Waals surface area contributed by atoms with E-state index in [4.69, 9.17) is 5.11 Å². The van der Waals surface area contributed by atoms with Gasteiger partial charge >= 0.3 is 5.97 Å².